The fourth-order valence-corrected chi connectivity index (χ4v) is 2.46. The second kappa shape index (κ2) is 7.61. The monoisotopic (exact) mass is 347 g/mol. The maximum absolute atomic E-state index is 11.3. The van der Waals surface area contributed by atoms with E-state index in [1.54, 1.807) is 18.2 Å². The van der Waals surface area contributed by atoms with Crippen LogP contribution in [0.3, 0.4) is 0 Å². The molecule has 0 fully saturated rings. The van der Waals surface area contributed by atoms with Gasteiger partial charge in [0, 0.05) is 19.2 Å². The third kappa shape index (κ3) is 4.33. The van der Waals surface area contributed by atoms with Gasteiger partial charge in [0.1, 0.15) is 0 Å². The summed E-state index contributed by atoms with van der Waals surface area (Å²) >= 11 is 0. The molecule has 5 nitrogen and oxygen atoms in total. The van der Waals surface area contributed by atoms with E-state index in [0.717, 1.165) is 22.2 Å². The van der Waals surface area contributed by atoms with Gasteiger partial charge in [-0.25, -0.2) is 4.98 Å². The zero-order valence-electron chi connectivity index (χ0n) is 14.4. The predicted molar refractivity (Wildman–Crippen MR) is 99.7 cm³/mol. The van der Waals surface area contributed by atoms with Crippen molar-refractivity contribution in [2.45, 2.75) is 13.8 Å². The highest BCUT2D eigenvalue weighted by Gasteiger charge is 2.10. The molecular weight excluding hydrogens is 330 g/mol. The van der Waals surface area contributed by atoms with Gasteiger partial charge >= 0.3 is 11.9 Å². The molecule has 2 aromatic carbocycles. The Kier molecular flexibility index (Phi) is 5.08. The maximum atomic E-state index is 11.3. The zero-order valence-corrected chi connectivity index (χ0v) is 14.4. The SMILES string of the molecule is CC(=O)Oc1ccc(C=Cc2ccc3ccccc3n2)cc1OC(C)=O. The number of hydrogen-bond acceptors (Lipinski definition) is 5. The van der Waals surface area contributed by atoms with Crippen LogP contribution < -0.4 is 9.47 Å². The molecular formula is C21H17NO4. The Balaban J connectivity index is 1.88. The van der Waals surface area contributed by atoms with E-state index >= 15 is 0 Å². The summed E-state index contributed by atoms with van der Waals surface area (Å²) in [6, 6.07) is 16.8. The third-order valence-electron chi connectivity index (χ3n) is 3.54. The smallest absolute Gasteiger partial charge is 0.308 e. The first-order valence-electron chi connectivity index (χ1n) is 8.06. The number of benzene rings is 2. The molecule has 5 heteroatoms. The van der Waals surface area contributed by atoms with Gasteiger partial charge in [0.05, 0.1) is 11.2 Å². The molecule has 26 heavy (non-hydrogen) atoms. The number of rotatable bonds is 4. The van der Waals surface area contributed by atoms with Crippen molar-refractivity contribution in [3.63, 3.8) is 0 Å². The third-order valence-corrected chi connectivity index (χ3v) is 3.54. The normalized spacial score (nSPS) is 10.8. The standard InChI is InChI=1S/C21H17NO4/c1-14(23)25-20-12-8-16(13-21(20)26-15(2)24)7-10-18-11-9-17-5-3-4-6-19(17)22-18/h3-13H,1-2H3. The van der Waals surface area contributed by atoms with Crippen LogP contribution in [0.4, 0.5) is 0 Å². The first kappa shape index (κ1) is 17.4. The number of carbonyl (C=O) groups is 2. The van der Waals surface area contributed by atoms with Gasteiger partial charge in [-0.05, 0) is 35.9 Å². The summed E-state index contributed by atoms with van der Waals surface area (Å²) in [5, 5.41) is 1.08. The molecule has 0 N–H and O–H groups in total. The fraction of sp³-hybridized carbons (Fsp3) is 0.0952. The van der Waals surface area contributed by atoms with Crippen LogP contribution in [0.2, 0.25) is 0 Å². The number of para-hydroxylation sites is 1. The average molecular weight is 347 g/mol. The molecule has 0 amide bonds. The second-order valence-electron chi connectivity index (χ2n) is 5.66. The lowest BCUT2D eigenvalue weighted by Crippen LogP contribution is -2.07. The molecule has 0 aliphatic carbocycles. The molecule has 3 rings (SSSR count). The first-order valence-corrected chi connectivity index (χ1v) is 8.06. The number of nitrogens with zero attached hydrogens (tertiary/aromatic N) is 1. The number of ether oxygens (including phenoxy) is 2. The summed E-state index contributed by atoms with van der Waals surface area (Å²) in [6.07, 6.45) is 3.71. The molecule has 1 aromatic heterocycles. The average Bonchev–Trinajstić information content (AvgIpc) is 2.61. The van der Waals surface area contributed by atoms with Crippen LogP contribution in [0.5, 0.6) is 11.5 Å². The fourth-order valence-electron chi connectivity index (χ4n) is 2.46. The Morgan fingerprint density at radius 2 is 1.58 bits per heavy atom. The molecule has 0 bridgehead atoms. The van der Waals surface area contributed by atoms with Crippen molar-refractivity contribution in [2.24, 2.45) is 0 Å². The molecule has 0 aliphatic rings. The van der Waals surface area contributed by atoms with E-state index in [9.17, 15) is 9.59 Å². The first-order chi connectivity index (χ1) is 12.5. The van der Waals surface area contributed by atoms with Crippen molar-refractivity contribution < 1.29 is 19.1 Å². The summed E-state index contributed by atoms with van der Waals surface area (Å²) in [7, 11) is 0. The molecule has 0 aliphatic heterocycles. The Bertz CT molecular complexity index is 1010. The number of aromatic nitrogens is 1. The number of fused-ring (bicyclic) bond motifs is 1. The molecule has 130 valence electrons. The predicted octanol–water partition coefficient (Wildman–Crippen LogP) is 4.26. The second-order valence-corrected chi connectivity index (χ2v) is 5.66. The molecule has 0 atom stereocenters. The van der Waals surface area contributed by atoms with Crippen molar-refractivity contribution in [3.8, 4) is 11.5 Å². The highest BCUT2D eigenvalue weighted by atomic mass is 16.6. The molecule has 0 spiro atoms. The summed E-state index contributed by atoms with van der Waals surface area (Å²) in [5.41, 5.74) is 2.51. The minimum absolute atomic E-state index is 0.196. The van der Waals surface area contributed by atoms with Crippen molar-refractivity contribution in [1.82, 2.24) is 4.98 Å². The summed E-state index contributed by atoms with van der Waals surface area (Å²) in [6.45, 7) is 2.58. The van der Waals surface area contributed by atoms with E-state index in [0.29, 0.717) is 0 Å². The van der Waals surface area contributed by atoms with Crippen molar-refractivity contribution in [2.75, 3.05) is 0 Å². The minimum atomic E-state index is -0.490. The van der Waals surface area contributed by atoms with Gasteiger partial charge in [0.15, 0.2) is 11.5 Å². The molecule has 0 radical (unpaired) electrons. The molecule has 0 saturated heterocycles. The van der Waals surface area contributed by atoms with Gasteiger partial charge in [0.2, 0.25) is 0 Å². The van der Waals surface area contributed by atoms with Gasteiger partial charge in [-0.2, -0.15) is 0 Å². The summed E-state index contributed by atoms with van der Waals surface area (Å²) in [4.78, 5) is 27.0. The topological polar surface area (TPSA) is 65.5 Å². The maximum Gasteiger partial charge on any atom is 0.308 e. The van der Waals surface area contributed by atoms with Crippen molar-refractivity contribution >= 4 is 35.0 Å². The Hall–Kier alpha value is -3.47. The van der Waals surface area contributed by atoms with Gasteiger partial charge in [-0.1, -0.05) is 36.4 Å². The lowest BCUT2D eigenvalue weighted by atomic mass is 10.1. The van der Waals surface area contributed by atoms with E-state index in [4.69, 9.17) is 9.47 Å². The van der Waals surface area contributed by atoms with E-state index in [1.807, 2.05) is 48.6 Å². The summed E-state index contributed by atoms with van der Waals surface area (Å²) in [5.74, 6) is -0.576. The highest BCUT2D eigenvalue weighted by molar-refractivity contribution is 5.81. The highest BCUT2D eigenvalue weighted by Crippen LogP contribution is 2.29. The van der Waals surface area contributed by atoms with Crippen molar-refractivity contribution in [1.29, 1.82) is 0 Å². The van der Waals surface area contributed by atoms with Crippen LogP contribution in [0, 0.1) is 0 Å². The van der Waals surface area contributed by atoms with Crippen LogP contribution in [0.25, 0.3) is 23.1 Å². The summed E-state index contributed by atoms with van der Waals surface area (Å²) < 4.78 is 10.2. The Labute approximate surface area is 150 Å². The van der Waals surface area contributed by atoms with Gasteiger partial charge in [-0.3, -0.25) is 9.59 Å². The number of hydrogen-bond donors (Lipinski definition) is 0. The largest absolute Gasteiger partial charge is 0.423 e. The number of pyridine rings is 1. The van der Waals surface area contributed by atoms with Crippen molar-refractivity contribution in [3.05, 3.63) is 65.9 Å². The van der Waals surface area contributed by atoms with Gasteiger partial charge in [-0.15, -0.1) is 0 Å². The van der Waals surface area contributed by atoms with E-state index in [-0.39, 0.29) is 11.5 Å². The lowest BCUT2D eigenvalue weighted by molar-refractivity contribution is -0.134. The number of carbonyl (C=O) groups excluding carboxylic acids is 2. The Morgan fingerprint density at radius 1 is 0.846 bits per heavy atom. The molecule has 1 heterocycles. The number of esters is 2. The quantitative estimate of drug-likeness (QED) is 0.521. The van der Waals surface area contributed by atoms with Crippen LogP contribution in [0.15, 0.2) is 54.6 Å². The van der Waals surface area contributed by atoms with Crippen LogP contribution in [0.1, 0.15) is 25.1 Å². The lowest BCUT2D eigenvalue weighted by Gasteiger charge is -2.09. The van der Waals surface area contributed by atoms with Crippen LogP contribution in [-0.4, -0.2) is 16.9 Å². The van der Waals surface area contributed by atoms with Gasteiger partial charge in [0.25, 0.3) is 0 Å². The van der Waals surface area contributed by atoms with E-state index < -0.39 is 11.9 Å². The van der Waals surface area contributed by atoms with Crippen LogP contribution in [-0.2, 0) is 9.59 Å². The van der Waals surface area contributed by atoms with E-state index in [2.05, 4.69) is 4.98 Å². The Morgan fingerprint density at radius 3 is 2.35 bits per heavy atom. The minimum Gasteiger partial charge on any atom is -0.423 e. The van der Waals surface area contributed by atoms with E-state index in [1.165, 1.54) is 13.8 Å². The molecule has 0 unspecified atom stereocenters. The van der Waals surface area contributed by atoms with Crippen LogP contribution >= 0.6 is 0 Å². The molecule has 3 aromatic rings. The van der Waals surface area contributed by atoms with Gasteiger partial charge < -0.3 is 9.47 Å². The zero-order chi connectivity index (χ0) is 18.5. The molecule has 0 saturated carbocycles.